The minimum atomic E-state index is 0.636. The molecule has 0 aromatic heterocycles. The van der Waals surface area contributed by atoms with Crippen LogP contribution in [0.4, 0.5) is 34.1 Å². The average molecular weight is 521 g/mol. The van der Waals surface area contributed by atoms with Crippen LogP contribution < -0.4 is 11.5 Å². The Kier molecular flexibility index (Phi) is 6.50. The van der Waals surface area contributed by atoms with Gasteiger partial charge in [-0.1, -0.05) is 72.8 Å². The number of nitrogens with zero attached hydrogens (tertiary/aromatic N) is 4. The van der Waals surface area contributed by atoms with Crippen LogP contribution in [0, 0.1) is 13.8 Å². The number of azo groups is 2. The summed E-state index contributed by atoms with van der Waals surface area (Å²) >= 11 is 0. The van der Waals surface area contributed by atoms with Gasteiger partial charge in [0.2, 0.25) is 0 Å². The molecule has 0 unspecified atom stereocenters. The van der Waals surface area contributed by atoms with Crippen molar-refractivity contribution in [2.24, 2.45) is 20.5 Å². The van der Waals surface area contributed by atoms with E-state index in [1.807, 2.05) is 97.1 Å². The summed E-state index contributed by atoms with van der Waals surface area (Å²) in [5.41, 5.74) is 21.3. The molecule has 0 atom stereocenters. The van der Waals surface area contributed by atoms with Crippen LogP contribution in [0.25, 0.3) is 32.7 Å². The third-order valence-corrected chi connectivity index (χ3v) is 7.16. The summed E-state index contributed by atoms with van der Waals surface area (Å²) < 4.78 is 0. The number of hydrogen-bond acceptors (Lipinski definition) is 6. The number of nitrogen functional groups attached to an aromatic ring is 2. The lowest BCUT2D eigenvalue weighted by Gasteiger charge is -2.08. The van der Waals surface area contributed by atoms with E-state index in [0.29, 0.717) is 22.7 Å². The Bertz CT molecular complexity index is 1780. The van der Waals surface area contributed by atoms with E-state index in [2.05, 4.69) is 46.4 Å². The fourth-order valence-corrected chi connectivity index (χ4v) is 4.95. The number of fused-ring (bicyclic) bond motifs is 2. The molecule has 0 aliphatic heterocycles. The fourth-order valence-electron chi connectivity index (χ4n) is 4.95. The van der Waals surface area contributed by atoms with Crippen molar-refractivity contribution >= 4 is 55.7 Å². The first-order chi connectivity index (χ1) is 19.5. The minimum absolute atomic E-state index is 0.636. The summed E-state index contributed by atoms with van der Waals surface area (Å²) in [6.45, 7) is 4.12. The lowest BCUT2D eigenvalue weighted by molar-refractivity contribution is 1.23. The van der Waals surface area contributed by atoms with Crippen molar-refractivity contribution < 1.29 is 0 Å². The molecule has 0 saturated carbocycles. The Hall–Kier alpha value is -5.36. The van der Waals surface area contributed by atoms with Crippen molar-refractivity contribution in [2.75, 3.05) is 11.5 Å². The minimum Gasteiger partial charge on any atom is -0.396 e. The monoisotopic (exact) mass is 520 g/mol. The van der Waals surface area contributed by atoms with Gasteiger partial charge in [0.1, 0.15) is 11.4 Å². The number of anilines is 2. The first-order valence-corrected chi connectivity index (χ1v) is 13.1. The van der Waals surface area contributed by atoms with E-state index in [0.717, 1.165) is 55.2 Å². The van der Waals surface area contributed by atoms with Crippen molar-refractivity contribution in [3.8, 4) is 11.1 Å². The lowest BCUT2D eigenvalue weighted by atomic mass is 10.0. The molecule has 0 aliphatic rings. The summed E-state index contributed by atoms with van der Waals surface area (Å²) in [6, 6.07) is 36.0. The predicted octanol–water partition coefficient (Wildman–Crippen LogP) is 10.3. The topological polar surface area (TPSA) is 101 Å². The standard InChI is InChI=1S/C34H28N6/c1-21-19-31(33(35)29-9-5-3-7-27(21)29)39-37-25-15-11-23(12-16-25)24-13-17-26(18-14-24)38-40-32-20-22(2)28-8-4-6-10-30(28)34(32)36/h3-20H,35-36H2,1-2H3. The number of rotatable bonds is 5. The maximum Gasteiger partial charge on any atom is 0.109 e. The zero-order valence-corrected chi connectivity index (χ0v) is 22.3. The summed E-state index contributed by atoms with van der Waals surface area (Å²) in [4.78, 5) is 0. The molecule has 0 heterocycles. The molecule has 6 rings (SSSR count). The number of aryl methyl sites for hydroxylation is 2. The molecule has 0 amide bonds. The third kappa shape index (κ3) is 4.78. The van der Waals surface area contributed by atoms with Crippen LogP contribution in [-0.4, -0.2) is 0 Å². The highest BCUT2D eigenvalue weighted by Gasteiger charge is 2.08. The summed E-state index contributed by atoms with van der Waals surface area (Å²) in [6.07, 6.45) is 0. The van der Waals surface area contributed by atoms with Gasteiger partial charge in [0.15, 0.2) is 0 Å². The van der Waals surface area contributed by atoms with E-state index in [4.69, 9.17) is 11.5 Å². The molecule has 0 radical (unpaired) electrons. The highest BCUT2D eigenvalue weighted by atomic mass is 15.1. The van der Waals surface area contributed by atoms with Crippen LogP contribution >= 0.6 is 0 Å². The molecule has 0 aliphatic carbocycles. The second-order valence-electron chi connectivity index (χ2n) is 9.84. The van der Waals surface area contributed by atoms with Gasteiger partial charge in [-0.15, -0.1) is 10.2 Å². The zero-order valence-electron chi connectivity index (χ0n) is 22.3. The maximum atomic E-state index is 6.38. The zero-order chi connectivity index (χ0) is 27.6. The summed E-state index contributed by atoms with van der Waals surface area (Å²) in [7, 11) is 0. The summed E-state index contributed by atoms with van der Waals surface area (Å²) in [5.74, 6) is 0. The molecule has 6 nitrogen and oxygen atoms in total. The van der Waals surface area contributed by atoms with Gasteiger partial charge in [-0.3, -0.25) is 0 Å². The maximum absolute atomic E-state index is 6.38. The van der Waals surface area contributed by atoms with E-state index in [1.54, 1.807) is 0 Å². The number of hydrogen-bond donors (Lipinski definition) is 2. The van der Waals surface area contributed by atoms with Crippen LogP contribution in [-0.2, 0) is 0 Å². The SMILES string of the molecule is Cc1cc(N=Nc2ccc(-c3ccc(N=Nc4cc(C)c5ccccc5c4N)cc3)cc2)c(N)c2ccccc12. The van der Waals surface area contributed by atoms with Gasteiger partial charge >= 0.3 is 0 Å². The van der Waals surface area contributed by atoms with Crippen molar-refractivity contribution in [2.45, 2.75) is 13.8 Å². The normalized spacial score (nSPS) is 11.8. The molecule has 6 aromatic rings. The Morgan fingerprint density at radius 2 is 0.775 bits per heavy atom. The molecule has 0 bridgehead atoms. The highest BCUT2D eigenvalue weighted by Crippen LogP contribution is 2.36. The first kappa shape index (κ1) is 24.9. The van der Waals surface area contributed by atoms with E-state index >= 15 is 0 Å². The molecule has 6 heteroatoms. The Morgan fingerprint density at radius 3 is 1.15 bits per heavy atom. The molecule has 0 fully saturated rings. The Labute approximate surface area is 232 Å². The van der Waals surface area contributed by atoms with Gasteiger partial charge in [0.25, 0.3) is 0 Å². The molecule has 40 heavy (non-hydrogen) atoms. The molecular weight excluding hydrogens is 492 g/mol. The van der Waals surface area contributed by atoms with Crippen LogP contribution in [0.15, 0.2) is 130 Å². The van der Waals surface area contributed by atoms with Gasteiger partial charge < -0.3 is 11.5 Å². The molecular formula is C34H28N6. The molecule has 4 N–H and O–H groups in total. The van der Waals surface area contributed by atoms with Gasteiger partial charge in [0.05, 0.1) is 22.7 Å². The van der Waals surface area contributed by atoms with E-state index in [1.165, 1.54) is 0 Å². The number of benzene rings is 6. The smallest absolute Gasteiger partial charge is 0.109 e. The fraction of sp³-hybridized carbons (Fsp3) is 0.0588. The molecule has 6 aromatic carbocycles. The predicted molar refractivity (Wildman–Crippen MR) is 166 cm³/mol. The second kappa shape index (κ2) is 10.4. The number of nitrogens with two attached hydrogens (primary N) is 2. The van der Waals surface area contributed by atoms with Crippen molar-refractivity contribution in [3.05, 3.63) is 120 Å². The van der Waals surface area contributed by atoms with Crippen molar-refractivity contribution in [3.63, 3.8) is 0 Å². The van der Waals surface area contributed by atoms with E-state index < -0.39 is 0 Å². The van der Waals surface area contributed by atoms with Gasteiger partial charge in [-0.05, 0) is 83.3 Å². The van der Waals surface area contributed by atoms with Crippen molar-refractivity contribution in [1.82, 2.24) is 0 Å². The third-order valence-electron chi connectivity index (χ3n) is 7.16. The lowest BCUT2D eigenvalue weighted by Crippen LogP contribution is -1.89. The second-order valence-corrected chi connectivity index (χ2v) is 9.84. The molecule has 0 saturated heterocycles. The van der Waals surface area contributed by atoms with Gasteiger partial charge in [-0.2, -0.15) is 10.2 Å². The van der Waals surface area contributed by atoms with Crippen LogP contribution in [0.2, 0.25) is 0 Å². The average Bonchev–Trinajstić information content (AvgIpc) is 3.00. The summed E-state index contributed by atoms with van der Waals surface area (Å²) in [5, 5.41) is 22.0. The molecule has 0 spiro atoms. The van der Waals surface area contributed by atoms with Crippen LogP contribution in [0.5, 0.6) is 0 Å². The Morgan fingerprint density at radius 1 is 0.425 bits per heavy atom. The van der Waals surface area contributed by atoms with Crippen LogP contribution in [0.3, 0.4) is 0 Å². The van der Waals surface area contributed by atoms with E-state index in [-0.39, 0.29) is 0 Å². The van der Waals surface area contributed by atoms with Crippen LogP contribution in [0.1, 0.15) is 11.1 Å². The highest BCUT2D eigenvalue weighted by molar-refractivity contribution is 6.01. The Balaban J connectivity index is 1.18. The van der Waals surface area contributed by atoms with Gasteiger partial charge in [-0.25, -0.2) is 0 Å². The molecule has 194 valence electrons. The van der Waals surface area contributed by atoms with Crippen molar-refractivity contribution in [1.29, 1.82) is 0 Å². The quantitative estimate of drug-likeness (QED) is 0.174. The first-order valence-electron chi connectivity index (χ1n) is 13.1. The van der Waals surface area contributed by atoms with E-state index in [9.17, 15) is 0 Å². The van der Waals surface area contributed by atoms with Gasteiger partial charge in [0, 0.05) is 10.8 Å². The largest absolute Gasteiger partial charge is 0.396 e.